The van der Waals surface area contributed by atoms with Crippen molar-refractivity contribution in [3.05, 3.63) is 112 Å². The molecular formula is C24H16ClFO3. The molecule has 0 radical (unpaired) electrons. The zero-order chi connectivity index (χ0) is 20.2. The average Bonchev–Trinajstić information content (AvgIpc) is 3.03. The Labute approximate surface area is 172 Å². The van der Waals surface area contributed by atoms with E-state index in [1.165, 1.54) is 12.1 Å². The van der Waals surface area contributed by atoms with E-state index in [4.69, 9.17) is 21.1 Å². The van der Waals surface area contributed by atoms with E-state index in [-0.39, 0.29) is 18.1 Å². The second kappa shape index (κ2) is 8.33. The van der Waals surface area contributed by atoms with Gasteiger partial charge >= 0.3 is 0 Å². The number of fused-ring (bicyclic) bond motifs is 1. The third-order valence-corrected chi connectivity index (χ3v) is 4.74. The van der Waals surface area contributed by atoms with Crippen LogP contribution < -0.4 is 9.47 Å². The molecule has 0 saturated carbocycles. The van der Waals surface area contributed by atoms with Crippen molar-refractivity contribution in [2.24, 2.45) is 0 Å². The van der Waals surface area contributed by atoms with Crippen molar-refractivity contribution in [2.75, 3.05) is 0 Å². The van der Waals surface area contributed by atoms with Crippen molar-refractivity contribution < 1.29 is 18.7 Å². The summed E-state index contributed by atoms with van der Waals surface area (Å²) >= 11 is 6.02. The van der Waals surface area contributed by atoms with Crippen LogP contribution in [0.25, 0.3) is 6.08 Å². The van der Waals surface area contributed by atoms with Crippen molar-refractivity contribution >= 4 is 23.5 Å². The average molecular weight is 407 g/mol. The molecule has 0 aliphatic carbocycles. The van der Waals surface area contributed by atoms with Crippen molar-refractivity contribution in [3.8, 4) is 11.5 Å². The number of carbonyl (C=O) groups is 1. The molecule has 1 aliphatic heterocycles. The predicted octanol–water partition coefficient (Wildman–Crippen LogP) is 6.23. The highest BCUT2D eigenvalue weighted by Crippen LogP contribution is 2.34. The normalized spacial score (nSPS) is 14.3. The van der Waals surface area contributed by atoms with Gasteiger partial charge in [-0.15, -0.1) is 0 Å². The molecule has 0 N–H and O–H groups in total. The molecule has 0 spiro atoms. The number of hydrogen-bond acceptors (Lipinski definition) is 3. The highest BCUT2D eigenvalue weighted by atomic mass is 35.5. The third kappa shape index (κ3) is 4.39. The van der Waals surface area contributed by atoms with E-state index in [9.17, 15) is 9.18 Å². The quantitative estimate of drug-likeness (QED) is 0.471. The number of ether oxygens (including phenoxy) is 2. The van der Waals surface area contributed by atoms with Crippen LogP contribution in [-0.4, -0.2) is 5.78 Å². The predicted molar refractivity (Wildman–Crippen MR) is 111 cm³/mol. The largest absolute Gasteiger partial charge is 0.489 e. The van der Waals surface area contributed by atoms with Crippen LogP contribution in [0.5, 0.6) is 11.5 Å². The number of benzene rings is 3. The Kier molecular flexibility index (Phi) is 5.45. The molecule has 144 valence electrons. The fourth-order valence-electron chi connectivity index (χ4n) is 2.88. The van der Waals surface area contributed by atoms with Gasteiger partial charge in [0.25, 0.3) is 0 Å². The lowest BCUT2D eigenvalue weighted by molar-refractivity contribution is 0.101. The van der Waals surface area contributed by atoms with Gasteiger partial charge in [-0.25, -0.2) is 4.39 Å². The summed E-state index contributed by atoms with van der Waals surface area (Å²) in [6.45, 7) is 0.175. The standard InChI is InChI=1S/C24H16ClFO3/c25-21-13-18(26)10-9-17(21)15-28-19-11-12-20-23(14-19)29-22(24(20)27)8-4-7-16-5-2-1-3-6-16/h1-14H,15H2/b7-4+,22-8+. The molecule has 0 bridgehead atoms. The molecule has 0 aromatic heterocycles. The minimum atomic E-state index is -0.399. The van der Waals surface area contributed by atoms with Gasteiger partial charge in [0.05, 0.1) is 10.6 Å². The van der Waals surface area contributed by atoms with Crippen LogP contribution in [0.1, 0.15) is 21.5 Å². The van der Waals surface area contributed by atoms with Crippen LogP contribution in [0.4, 0.5) is 4.39 Å². The van der Waals surface area contributed by atoms with E-state index in [1.807, 2.05) is 36.4 Å². The third-order valence-electron chi connectivity index (χ3n) is 4.39. The van der Waals surface area contributed by atoms with Crippen LogP contribution in [-0.2, 0) is 6.61 Å². The number of carbonyl (C=O) groups excluding carboxylic acids is 1. The highest BCUT2D eigenvalue weighted by Gasteiger charge is 2.27. The molecule has 0 unspecified atom stereocenters. The smallest absolute Gasteiger partial charge is 0.231 e. The summed E-state index contributed by atoms with van der Waals surface area (Å²) in [6.07, 6.45) is 5.32. The first-order chi connectivity index (χ1) is 14.1. The SMILES string of the molecule is O=C1/C(=C\C=C\c2ccccc2)Oc2cc(OCc3ccc(F)cc3Cl)ccc21. The Hall–Kier alpha value is -3.37. The van der Waals surface area contributed by atoms with E-state index >= 15 is 0 Å². The van der Waals surface area contributed by atoms with E-state index in [2.05, 4.69) is 0 Å². The maximum atomic E-state index is 13.1. The summed E-state index contributed by atoms with van der Waals surface area (Å²) in [4.78, 5) is 12.5. The Balaban J connectivity index is 1.45. The van der Waals surface area contributed by atoms with Crippen molar-refractivity contribution in [2.45, 2.75) is 6.61 Å². The molecule has 1 aliphatic rings. The van der Waals surface area contributed by atoms with E-state index < -0.39 is 5.82 Å². The molecule has 1 heterocycles. The molecule has 4 rings (SSSR count). The molecule has 29 heavy (non-hydrogen) atoms. The molecule has 0 saturated heterocycles. The summed E-state index contributed by atoms with van der Waals surface area (Å²) < 4.78 is 24.5. The summed E-state index contributed by atoms with van der Waals surface area (Å²) in [7, 11) is 0. The van der Waals surface area contributed by atoms with Gasteiger partial charge in [-0.2, -0.15) is 0 Å². The Morgan fingerprint density at radius 1 is 1.03 bits per heavy atom. The van der Waals surface area contributed by atoms with Gasteiger partial charge in [-0.1, -0.05) is 60.2 Å². The Bertz CT molecular complexity index is 1120. The first-order valence-corrected chi connectivity index (χ1v) is 9.35. The second-order valence-electron chi connectivity index (χ2n) is 6.41. The van der Waals surface area contributed by atoms with Crippen molar-refractivity contribution in [1.82, 2.24) is 0 Å². The lowest BCUT2D eigenvalue weighted by Crippen LogP contribution is -1.97. The first kappa shape index (κ1) is 19.0. The van der Waals surface area contributed by atoms with Gasteiger partial charge in [0.2, 0.25) is 5.78 Å². The van der Waals surface area contributed by atoms with Gasteiger partial charge in [0, 0.05) is 11.6 Å². The minimum absolute atomic E-state index is 0.175. The number of Topliss-reactive ketones (excluding diaryl/α,β-unsaturated/α-hetero) is 1. The fourth-order valence-corrected chi connectivity index (χ4v) is 3.10. The van der Waals surface area contributed by atoms with Crippen molar-refractivity contribution in [3.63, 3.8) is 0 Å². The molecule has 0 atom stereocenters. The summed E-state index contributed by atoms with van der Waals surface area (Å²) in [5.41, 5.74) is 2.18. The molecule has 0 amide bonds. The van der Waals surface area contributed by atoms with Gasteiger partial charge in [-0.05, 0) is 35.9 Å². The van der Waals surface area contributed by atoms with E-state index in [0.29, 0.717) is 27.6 Å². The van der Waals surface area contributed by atoms with Crippen LogP contribution in [0, 0.1) is 5.82 Å². The molecule has 3 aromatic rings. The van der Waals surface area contributed by atoms with Crippen LogP contribution >= 0.6 is 11.6 Å². The second-order valence-corrected chi connectivity index (χ2v) is 6.82. The number of rotatable bonds is 5. The molecule has 3 nitrogen and oxygen atoms in total. The van der Waals surface area contributed by atoms with E-state index in [1.54, 1.807) is 36.4 Å². The number of hydrogen-bond donors (Lipinski definition) is 0. The van der Waals surface area contributed by atoms with Crippen LogP contribution in [0.3, 0.4) is 0 Å². The fraction of sp³-hybridized carbons (Fsp3) is 0.0417. The Morgan fingerprint density at radius 3 is 2.66 bits per heavy atom. The summed E-state index contributed by atoms with van der Waals surface area (Å²) in [5, 5.41) is 0.299. The first-order valence-electron chi connectivity index (χ1n) is 8.97. The van der Waals surface area contributed by atoms with Gasteiger partial charge in [0.15, 0.2) is 5.76 Å². The van der Waals surface area contributed by atoms with E-state index in [0.717, 1.165) is 5.56 Å². The maximum Gasteiger partial charge on any atom is 0.231 e. The number of halogens is 2. The number of ketones is 1. The minimum Gasteiger partial charge on any atom is -0.489 e. The highest BCUT2D eigenvalue weighted by molar-refractivity contribution is 6.31. The Morgan fingerprint density at radius 2 is 1.86 bits per heavy atom. The molecule has 0 fully saturated rings. The molecule has 5 heteroatoms. The lowest BCUT2D eigenvalue weighted by Gasteiger charge is -2.08. The van der Waals surface area contributed by atoms with Gasteiger partial charge in [0.1, 0.15) is 23.9 Å². The van der Waals surface area contributed by atoms with Gasteiger partial charge < -0.3 is 9.47 Å². The zero-order valence-corrected chi connectivity index (χ0v) is 16.0. The summed E-state index contributed by atoms with van der Waals surface area (Å²) in [6, 6.07) is 18.9. The maximum absolute atomic E-state index is 13.1. The molecular weight excluding hydrogens is 391 g/mol. The lowest BCUT2D eigenvalue weighted by atomic mass is 10.1. The van der Waals surface area contributed by atoms with Crippen LogP contribution in [0.15, 0.2) is 84.6 Å². The monoisotopic (exact) mass is 406 g/mol. The number of allylic oxidation sites excluding steroid dienone is 3. The van der Waals surface area contributed by atoms with Crippen LogP contribution in [0.2, 0.25) is 5.02 Å². The molecule has 3 aromatic carbocycles. The topological polar surface area (TPSA) is 35.5 Å². The zero-order valence-electron chi connectivity index (χ0n) is 15.3. The van der Waals surface area contributed by atoms with Gasteiger partial charge in [-0.3, -0.25) is 4.79 Å². The van der Waals surface area contributed by atoms with Crippen molar-refractivity contribution in [1.29, 1.82) is 0 Å². The summed E-state index contributed by atoms with van der Waals surface area (Å²) in [5.74, 6) is 0.649.